The molecule has 2 aromatic rings. The first kappa shape index (κ1) is 24.7. The number of methoxy groups -OCH3 is 2. The molecule has 33 heavy (non-hydrogen) atoms. The van der Waals surface area contributed by atoms with Gasteiger partial charge in [0.15, 0.2) is 0 Å². The van der Waals surface area contributed by atoms with Gasteiger partial charge < -0.3 is 35.1 Å². The Labute approximate surface area is 193 Å². The molecule has 1 aliphatic heterocycles. The number of anilines is 1. The van der Waals surface area contributed by atoms with Crippen molar-refractivity contribution in [3.05, 3.63) is 48.3 Å². The van der Waals surface area contributed by atoms with Gasteiger partial charge in [-0.15, -0.1) is 0 Å². The van der Waals surface area contributed by atoms with Crippen molar-refractivity contribution in [1.29, 1.82) is 0 Å². The molecule has 1 aliphatic rings. The third-order valence-electron chi connectivity index (χ3n) is 5.67. The highest BCUT2D eigenvalue weighted by atomic mass is 16.5. The van der Waals surface area contributed by atoms with E-state index in [-0.39, 0.29) is 13.2 Å². The molecule has 180 valence electrons. The first-order valence-electron chi connectivity index (χ1n) is 10.8. The number of hydrogen-bond acceptors (Lipinski definition) is 8. The summed E-state index contributed by atoms with van der Waals surface area (Å²) in [5.41, 5.74) is 1.45. The number of ether oxygens (including phenoxy) is 3. The Bertz CT molecular complexity index is 878. The number of amides is 2. The summed E-state index contributed by atoms with van der Waals surface area (Å²) in [5, 5.41) is 25.8. The number of aliphatic hydroxyl groups excluding tert-OH is 2. The van der Waals surface area contributed by atoms with Gasteiger partial charge in [-0.05, 0) is 19.2 Å². The molecule has 4 N–H and O–H groups in total. The lowest BCUT2D eigenvalue weighted by molar-refractivity contribution is -0.0205. The Morgan fingerprint density at radius 1 is 1.18 bits per heavy atom. The molecule has 0 unspecified atom stereocenters. The smallest absolute Gasteiger partial charge is 0.319 e. The molecule has 1 saturated heterocycles. The maximum absolute atomic E-state index is 12.5. The molecule has 0 spiro atoms. The summed E-state index contributed by atoms with van der Waals surface area (Å²) in [5.74, 6) is 1.10. The van der Waals surface area contributed by atoms with Crippen LogP contribution in [-0.2, 0) is 11.2 Å². The van der Waals surface area contributed by atoms with Crippen molar-refractivity contribution in [3.8, 4) is 11.5 Å². The molecule has 1 aromatic carbocycles. The summed E-state index contributed by atoms with van der Waals surface area (Å²) < 4.78 is 16.3. The first-order chi connectivity index (χ1) is 15.9. The van der Waals surface area contributed by atoms with E-state index >= 15 is 0 Å². The normalized spacial score (nSPS) is 22.2. The van der Waals surface area contributed by atoms with Crippen LogP contribution in [0.2, 0.25) is 0 Å². The summed E-state index contributed by atoms with van der Waals surface area (Å²) in [6.07, 6.45) is 0.332. The molecule has 1 fully saturated rings. The van der Waals surface area contributed by atoms with Gasteiger partial charge in [-0.3, -0.25) is 9.88 Å². The van der Waals surface area contributed by atoms with E-state index in [9.17, 15) is 15.0 Å². The van der Waals surface area contributed by atoms with Gasteiger partial charge in [-0.25, -0.2) is 4.79 Å². The second-order valence-corrected chi connectivity index (χ2v) is 7.86. The highest BCUT2D eigenvalue weighted by Crippen LogP contribution is 2.27. The van der Waals surface area contributed by atoms with Gasteiger partial charge in [-0.1, -0.05) is 6.07 Å². The van der Waals surface area contributed by atoms with E-state index in [2.05, 4.69) is 15.6 Å². The van der Waals surface area contributed by atoms with Gasteiger partial charge in [0.2, 0.25) is 0 Å². The van der Waals surface area contributed by atoms with Gasteiger partial charge in [0.1, 0.15) is 23.7 Å². The van der Waals surface area contributed by atoms with Crippen molar-refractivity contribution >= 4 is 11.7 Å². The maximum Gasteiger partial charge on any atom is 0.319 e. The molecule has 10 nitrogen and oxygen atoms in total. The third-order valence-corrected chi connectivity index (χ3v) is 5.67. The van der Waals surface area contributed by atoms with Crippen LogP contribution in [0.3, 0.4) is 0 Å². The van der Waals surface area contributed by atoms with Crippen LogP contribution in [0.5, 0.6) is 11.5 Å². The van der Waals surface area contributed by atoms with Gasteiger partial charge >= 0.3 is 6.03 Å². The lowest BCUT2D eigenvalue weighted by Crippen LogP contribution is -2.50. The number of urea groups is 1. The number of nitrogens with zero attached hydrogens (tertiary/aromatic N) is 2. The van der Waals surface area contributed by atoms with Crippen molar-refractivity contribution in [3.63, 3.8) is 0 Å². The summed E-state index contributed by atoms with van der Waals surface area (Å²) in [4.78, 5) is 18.8. The molecule has 0 aliphatic carbocycles. The molecule has 1 aromatic heterocycles. The summed E-state index contributed by atoms with van der Waals surface area (Å²) in [6, 6.07) is 9.96. The van der Waals surface area contributed by atoms with E-state index in [0.717, 1.165) is 5.69 Å². The van der Waals surface area contributed by atoms with Crippen molar-refractivity contribution in [2.75, 3.05) is 46.3 Å². The summed E-state index contributed by atoms with van der Waals surface area (Å²) >= 11 is 0. The van der Waals surface area contributed by atoms with Crippen LogP contribution in [0.4, 0.5) is 10.5 Å². The fraction of sp³-hybridized carbons (Fsp3) is 0.478. The van der Waals surface area contributed by atoms with E-state index in [1.165, 1.54) is 14.2 Å². The molecule has 10 heteroatoms. The predicted octanol–water partition coefficient (Wildman–Crippen LogP) is 0.884. The van der Waals surface area contributed by atoms with E-state index in [1.54, 1.807) is 24.4 Å². The molecule has 0 radical (unpaired) electrons. The van der Waals surface area contributed by atoms with Gasteiger partial charge in [0, 0.05) is 55.3 Å². The zero-order valence-corrected chi connectivity index (χ0v) is 19.1. The zero-order chi connectivity index (χ0) is 23.8. The number of hydrogen-bond donors (Lipinski definition) is 4. The molecule has 0 bridgehead atoms. The highest BCUT2D eigenvalue weighted by Gasteiger charge is 2.45. The van der Waals surface area contributed by atoms with Crippen molar-refractivity contribution in [1.82, 2.24) is 15.2 Å². The topological polar surface area (TPSA) is 125 Å². The van der Waals surface area contributed by atoms with Gasteiger partial charge in [0.05, 0.1) is 33.0 Å². The van der Waals surface area contributed by atoms with E-state index in [0.29, 0.717) is 30.2 Å². The molecule has 0 saturated carbocycles. The number of rotatable bonds is 10. The van der Waals surface area contributed by atoms with Crippen LogP contribution in [0.15, 0.2) is 42.6 Å². The standard InChI is InChI=1S/C23H32N4O6/c1-27(9-7-15-6-4-5-8-24-15)21-19(33-20(14-28)22(21)29)13-25-23(30)26-16-10-17(31-2)12-18(11-16)32-3/h4-6,8,10-12,19-22,28-29H,7,9,13-14H2,1-3H3,(H2,25,26,30)/t19-,20+,21+,22-/m1/s1. The van der Waals surface area contributed by atoms with Crippen LogP contribution < -0.4 is 20.1 Å². The van der Waals surface area contributed by atoms with E-state index in [4.69, 9.17) is 14.2 Å². The van der Waals surface area contributed by atoms with Crippen molar-refractivity contribution in [2.45, 2.75) is 30.8 Å². The minimum Gasteiger partial charge on any atom is -0.497 e. The number of nitrogens with one attached hydrogen (secondary N) is 2. The monoisotopic (exact) mass is 460 g/mol. The number of benzene rings is 1. The lowest BCUT2D eigenvalue weighted by atomic mass is 10.0. The minimum atomic E-state index is -0.888. The van der Waals surface area contributed by atoms with Gasteiger partial charge in [-0.2, -0.15) is 0 Å². The number of likely N-dealkylation sites (N-methyl/N-ethyl adjacent to an activating group) is 1. The SMILES string of the molecule is COc1cc(NC(=O)NC[C@H]2O[C@@H](CO)[C@@H](O)[C@H]2N(C)CCc2ccccn2)cc(OC)c1. The maximum atomic E-state index is 12.5. The van der Waals surface area contributed by atoms with Crippen LogP contribution in [-0.4, -0.2) is 91.4 Å². The quantitative estimate of drug-likeness (QED) is 0.412. The van der Waals surface area contributed by atoms with Crippen LogP contribution in [0.1, 0.15) is 5.69 Å². The van der Waals surface area contributed by atoms with E-state index in [1.807, 2.05) is 30.1 Å². The van der Waals surface area contributed by atoms with Gasteiger partial charge in [0.25, 0.3) is 0 Å². The van der Waals surface area contributed by atoms with Crippen molar-refractivity contribution in [2.24, 2.45) is 0 Å². The number of aromatic nitrogens is 1. The second-order valence-electron chi connectivity index (χ2n) is 7.86. The fourth-order valence-electron chi connectivity index (χ4n) is 3.92. The Hall–Kier alpha value is -2.92. The Morgan fingerprint density at radius 3 is 2.52 bits per heavy atom. The largest absolute Gasteiger partial charge is 0.497 e. The summed E-state index contributed by atoms with van der Waals surface area (Å²) in [7, 11) is 4.95. The predicted molar refractivity (Wildman–Crippen MR) is 123 cm³/mol. The molecular weight excluding hydrogens is 428 g/mol. The fourth-order valence-corrected chi connectivity index (χ4v) is 3.92. The van der Waals surface area contributed by atoms with Crippen LogP contribution in [0.25, 0.3) is 0 Å². The third kappa shape index (κ3) is 6.55. The molecule has 4 atom stereocenters. The highest BCUT2D eigenvalue weighted by molar-refractivity contribution is 5.89. The number of carbonyl (C=O) groups is 1. The molecule has 3 rings (SSSR count). The number of carbonyl (C=O) groups excluding carboxylic acids is 1. The second kappa shape index (κ2) is 11.8. The molecular formula is C23H32N4O6. The number of pyridine rings is 1. The Balaban J connectivity index is 1.59. The minimum absolute atomic E-state index is 0.152. The number of aliphatic hydroxyl groups is 2. The summed E-state index contributed by atoms with van der Waals surface area (Å²) in [6.45, 7) is 0.476. The first-order valence-corrected chi connectivity index (χ1v) is 10.8. The average Bonchev–Trinajstić information content (AvgIpc) is 3.16. The van der Waals surface area contributed by atoms with Crippen LogP contribution >= 0.6 is 0 Å². The Kier molecular flexibility index (Phi) is 8.84. The Morgan fingerprint density at radius 2 is 1.91 bits per heavy atom. The van der Waals surface area contributed by atoms with Crippen molar-refractivity contribution < 1.29 is 29.2 Å². The van der Waals surface area contributed by atoms with Crippen LogP contribution in [0, 0.1) is 0 Å². The zero-order valence-electron chi connectivity index (χ0n) is 19.1. The molecule has 2 heterocycles. The van der Waals surface area contributed by atoms with E-state index < -0.39 is 30.4 Å². The lowest BCUT2D eigenvalue weighted by Gasteiger charge is -2.30. The molecule has 2 amide bonds. The average molecular weight is 461 g/mol.